The van der Waals surface area contributed by atoms with Crippen LogP contribution in [0.5, 0.6) is 0 Å². The van der Waals surface area contributed by atoms with Crippen LogP contribution in [0.25, 0.3) is 10.9 Å². The molecule has 0 spiro atoms. The summed E-state index contributed by atoms with van der Waals surface area (Å²) in [5.74, 6) is -0.489. The lowest BCUT2D eigenvalue weighted by Crippen LogP contribution is -2.47. The van der Waals surface area contributed by atoms with Crippen molar-refractivity contribution in [1.82, 2.24) is 4.98 Å². The number of aryl methyl sites for hydroxylation is 4. The normalized spacial score (nSPS) is 14.1. The lowest BCUT2D eigenvalue weighted by molar-refractivity contribution is 0.0699. The molecular weight excluding hydrogens is 512 g/mol. The monoisotopic (exact) mass is 544 g/mol. The van der Waals surface area contributed by atoms with E-state index < -0.39 is 16.0 Å². The molecule has 1 aliphatic rings. The molecule has 4 aromatic rings. The fourth-order valence-electron chi connectivity index (χ4n) is 5.06. The van der Waals surface area contributed by atoms with Crippen LogP contribution in [0.4, 0.5) is 17.2 Å². The van der Waals surface area contributed by atoms with Crippen LogP contribution in [0.15, 0.2) is 65.6 Å². The van der Waals surface area contributed by atoms with E-state index >= 15 is 0 Å². The van der Waals surface area contributed by atoms with E-state index in [2.05, 4.69) is 46.6 Å². The predicted molar refractivity (Wildman–Crippen MR) is 156 cm³/mol. The highest BCUT2D eigenvalue weighted by Gasteiger charge is 2.23. The number of benzene rings is 3. The number of nitrogens with zero attached hydrogens (tertiary/aromatic N) is 3. The van der Waals surface area contributed by atoms with Crippen molar-refractivity contribution in [2.75, 3.05) is 40.7 Å². The van der Waals surface area contributed by atoms with Gasteiger partial charge in [0.25, 0.3) is 10.0 Å². The Balaban J connectivity index is 1.42. The summed E-state index contributed by atoms with van der Waals surface area (Å²) in [4.78, 5) is 21.7. The van der Waals surface area contributed by atoms with Crippen molar-refractivity contribution in [1.29, 1.82) is 0 Å². The molecule has 1 aliphatic heterocycles. The second kappa shape index (κ2) is 10.2. The number of aromatic carboxylic acids is 1. The zero-order valence-corrected chi connectivity index (χ0v) is 23.3. The topological polar surface area (TPSA) is 103 Å². The first-order valence-corrected chi connectivity index (χ1v) is 14.4. The van der Waals surface area contributed by atoms with Gasteiger partial charge in [-0.2, -0.15) is 0 Å². The number of rotatable bonds is 6. The highest BCUT2D eigenvalue weighted by Crippen LogP contribution is 2.29. The second-order valence-corrected chi connectivity index (χ2v) is 11.9. The van der Waals surface area contributed by atoms with Crippen LogP contribution in [0.2, 0.25) is 0 Å². The highest BCUT2D eigenvalue weighted by atomic mass is 32.2. The minimum absolute atomic E-state index is 0.0831. The standard InChI is InChI=1S/C30H32N4O4S/c1-19-5-7-21(3)27(15-19)33-11-13-34(14-12-33)29-18-25(30(35)36)24-17-23(9-10-26(24)31-29)32-39(37,38)28-16-20(2)6-8-22(28)4/h5-10,15-18,32H,11-14H2,1-4H3,(H,35,36). The van der Waals surface area contributed by atoms with Gasteiger partial charge in [-0.05, 0) is 86.3 Å². The molecule has 202 valence electrons. The largest absolute Gasteiger partial charge is 0.478 e. The number of anilines is 3. The second-order valence-electron chi connectivity index (χ2n) is 10.2. The van der Waals surface area contributed by atoms with Gasteiger partial charge in [0.1, 0.15) is 5.82 Å². The van der Waals surface area contributed by atoms with Crippen molar-refractivity contribution in [3.8, 4) is 0 Å². The number of carbonyl (C=O) groups is 1. The quantitative estimate of drug-likeness (QED) is 0.340. The van der Waals surface area contributed by atoms with Crippen LogP contribution >= 0.6 is 0 Å². The van der Waals surface area contributed by atoms with Gasteiger partial charge in [0.2, 0.25) is 0 Å². The molecule has 9 heteroatoms. The first-order valence-electron chi connectivity index (χ1n) is 12.9. The fourth-order valence-corrected chi connectivity index (χ4v) is 6.44. The molecule has 2 heterocycles. The molecule has 5 rings (SSSR count). The van der Waals surface area contributed by atoms with Gasteiger partial charge in [0.15, 0.2) is 0 Å². The summed E-state index contributed by atoms with van der Waals surface area (Å²) < 4.78 is 28.8. The Morgan fingerprint density at radius 1 is 0.821 bits per heavy atom. The SMILES string of the molecule is Cc1ccc(C)c(N2CCN(c3cc(C(=O)O)c4cc(NS(=O)(=O)c5cc(C)ccc5C)ccc4n3)CC2)c1. The number of carboxylic acid groups (broad SMARTS) is 1. The molecule has 0 unspecified atom stereocenters. The van der Waals surface area contributed by atoms with E-state index in [9.17, 15) is 18.3 Å². The minimum Gasteiger partial charge on any atom is -0.478 e. The van der Waals surface area contributed by atoms with Gasteiger partial charge in [0.05, 0.1) is 16.0 Å². The predicted octanol–water partition coefficient (Wildman–Crippen LogP) is 5.29. The van der Waals surface area contributed by atoms with Crippen molar-refractivity contribution in [3.63, 3.8) is 0 Å². The molecule has 39 heavy (non-hydrogen) atoms. The molecule has 2 N–H and O–H groups in total. The highest BCUT2D eigenvalue weighted by molar-refractivity contribution is 7.92. The van der Waals surface area contributed by atoms with Crippen LogP contribution in [-0.2, 0) is 10.0 Å². The molecule has 0 bridgehead atoms. The molecule has 0 atom stereocenters. The number of nitrogens with one attached hydrogen (secondary N) is 1. The van der Waals surface area contributed by atoms with Crippen molar-refractivity contribution in [2.24, 2.45) is 0 Å². The van der Waals surface area contributed by atoms with E-state index in [1.165, 1.54) is 22.9 Å². The molecule has 0 amide bonds. The molecule has 3 aromatic carbocycles. The average molecular weight is 545 g/mol. The summed E-state index contributed by atoms with van der Waals surface area (Å²) in [6.07, 6.45) is 0. The Kier molecular flexibility index (Phi) is 6.94. The van der Waals surface area contributed by atoms with Crippen molar-refractivity contribution in [2.45, 2.75) is 32.6 Å². The van der Waals surface area contributed by atoms with Gasteiger partial charge in [-0.1, -0.05) is 24.3 Å². The van der Waals surface area contributed by atoms with Gasteiger partial charge < -0.3 is 14.9 Å². The van der Waals surface area contributed by atoms with Crippen LogP contribution in [0.3, 0.4) is 0 Å². The number of fused-ring (bicyclic) bond motifs is 1. The van der Waals surface area contributed by atoms with Gasteiger partial charge in [-0.25, -0.2) is 18.2 Å². The number of hydrogen-bond donors (Lipinski definition) is 2. The summed E-state index contributed by atoms with van der Waals surface area (Å²) >= 11 is 0. The van der Waals surface area contributed by atoms with E-state index in [4.69, 9.17) is 4.98 Å². The van der Waals surface area contributed by atoms with E-state index in [0.717, 1.165) is 18.7 Å². The van der Waals surface area contributed by atoms with Crippen LogP contribution < -0.4 is 14.5 Å². The maximum absolute atomic E-state index is 13.1. The van der Waals surface area contributed by atoms with E-state index in [-0.39, 0.29) is 16.1 Å². The summed E-state index contributed by atoms with van der Waals surface area (Å²) in [5, 5.41) is 10.4. The third kappa shape index (κ3) is 5.40. The zero-order valence-electron chi connectivity index (χ0n) is 22.5. The van der Waals surface area contributed by atoms with Gasteiger partial charge in [-0.3, -0.25) is 4.72 Å². The average Bonchev–Trinajstić information content (AvgIpc) is 2.90. The smallest absolute Gasteiger partial charge is 0.336 e. The Morgan fingerprint density at radius 2 is 1.46 bits per heavy atom. The first-order chi connectivity index (χ1) is 18.5. The number of piperazine rings is 1. The van der Waals surface area contributed by atoms with Gasteiger partial charge >= 0.3 is 5.97 Å². The van der Waals surface area contributed by atoms with E-state index in [0.29, 0.717) is 35.4 Å². The summed E-state index contributed by atoms with van der Waals surface area (Å²) in [6.45, 7) is 10.8. The van der Waals surface area contributed by atoms with Crippen LogP contribution in [-0.4, -0.2) is 50.7 Å². The maximum Gasteiger partial charge on any atom is 0.336 e. The number of carboxylic acids is 1. The Bertz CT molecular complexity index is 1690. The molecule has 1 fully saturated rings. The van der Waals surface area contributed by atoms with Crippen molar-refractivity contribution >= 4 is 44.1 Å². The van der Waals surface area contributed by atoms with Crippen molar-refractivity contribution < 1.29 is 18.3 Å². The fraction of sp³-hybridized carbons (Fsp3) is 0.267. The number of sulfonamides is 1. The number of aromatic nitrogens is 1. The zero-order chi connectivity index (χ0) is 27.9. The molecular formula is C30H32N4O4S. The third-order valence-corrected chi connectivity index (χ3v) is 8.74. The first kappa shape index (κ1) is 26.5. The Hall–Kier alpha value is -4.11. The van der Waals surface area contributed by atoms with E-state index in [1.807, 2.05) is 13.0 Å². The van der Waals surface area contributed by atoms with Gasteiger partial charge in [0, 0.05) is 42.9 Å². The molecule has 0 radical (unpaired) electrons. The Labute approximate surface area is 229 Å². The van der Waals surface area contributed by atoms with Crippen molar-refractivity contribution in [3.05, 3.63) is 88.5 Å². The van der Waals surface area contributed by atoms with Crippen LogP contribution in [0.1, 0.15) is 32.6 Å². The summed E-state index contributed by atoms with van der Waals surface area (Å²) in [7, 11) is -3.86. The summed E-state index contributed by atoms with van der Waals surface area (Å²) in [6, 6.07) is 18.1. The molecule has 1 aromatic heterocycles. The molecule has 1 saturated heterocycles. The summed E-state index contributed by atoms with van der Waals surface area (Å²) in [5.41, 5.74) is 6.00. The van der Waals surface area contributed by atoms with Gasteiger partial charge in [-0.15, -0.1) is 0 Å². The lowest BCUT2D eigenvalue weighted by atomic mass is 10.1. The maximum atomic E-state index is 13.1. The number of pyridine rings is 1. The van der Waals surface area contributed by atoms with Crippen LogP contribution in [0, 0.1) is 27.7 Å². The Morgan fingerprint density at radius 3 is 2.15 bits per heavy atom. The molecule has 0 aliphatic carbocycles. The van der Waals surface area contributed by atoms with E-state index in [1.54, 1.807) is 37.3 Å². The third-order valence-electron chi connectivity index (χ3n) is 7.22. The number of hydrogen-bond acceptors (Lipinski definition) is 6. The lowest BCUT2D eigenvalue weighted by Gasteiger charge is -2.37. The molecule has 8 nitrogen and oxygen atoms in total. The minimum atomic E-state index is -3.86. The molecule has 0 saturated carbocycles.